The van der Waals surface area contributed by atoms with E-state index in [1.54, 1.807) is 18.3 Å². The summed E-state index contributed by atoms with van der Waals surface area (Å²) < 4.78 is 0.727. The van der Waals surface area contributed by atoms with Gasteiger partial charge >= 0.3 is 0 Å². The standard InChI is InChI=1S/C11H16BrN3O/c1-11(2,3)9(13)10(16)15-7-4-5-8(12)14-6-7/h4-6,9H,13H2,1-3H3,(H,15,16)/t9-/m0/s1. The second-order valence-corrected chi connectivity index (χ2v) is 5.52. The highest BCUT2D eigenvalue weighted by molar-refractivity contribution is 9.10. The number of rotatable bonds is 2. The number of carbonyl (C=O) groups is 1. The minimum atomic E-state index is -0.545. The van der Waals surface area contributed by atoms with E-state index < -0.39 is 6.04 Å². The number of halogens is 1. The molecule has 4 nitrogen and oxygen atoms in total. The van der Waals surface area contributed by atoms with E-state index in [2.05, 4.69) is 26.2 Å². The first-order chi connectivity index (χ1) is 7.30. The van der Waals surface area contributed by atoms with Gasteiger partial charge in [-0.1, -0.05) is 20.8 Å². The van der Waals surface area contributed by atoms with Gasteiger partial charge in [0.1, 0.15) is 4.60 Å². The molecule has 0 radical (unpaired) electrons. The van der Waals surface area contributed by atoms with E-state index in [0.717, 1.165) is 4.60 Å². The Morgan fingerprint density at radius 2 is 2.12 bits per heavy atom. The third-order valence-electron chi connectivity index (χ3n) is 2.21. The molecule has 0 aliphatic carbocycles. The van der Waals surface area contributed by atoms with E-state index >= 15 is 0 Å². The third-order valence-corrected chi connectivity index (χ3v) is 2.68. The summed E-state index contributed by atoms with van der Waals surface area (Å²) in [5, 5.41) is 2.73. The SMILES string of the molecule is CC(C)(C)[C@@H](N)C(=O)Nc1ccc(Br)nc1. The lowest BCUT2D eigenvalue weighted by Crippen LogP contribution is -2.45. The molecule has 0 unspecified atom stereocenters. The Hall–Kier alpha value is -0.940. The predicted octanol–water partition coefficient (Wildman–Crippen LogP) is 2.16. The summed E-state index contributed by atoms with van der Waals surface area (Å²) in [6.45, 7) is 5.78. The molecule has 1 heterocycles. The third kappa shape index (κ3) is 3.57. The maximum absolute atomic E-state index is 11.8. The Morgan fingerprint density at radius 3 is 2.56 bits per heavy atom. The molecule has 0 aliphatic heterocycles. The number of anilines is 1. The first-order valence-electron chi connectivity index (χ1n) is 4.98. The van der Waals surface area contributed by atoms with Crippen LogP contribution in [0, 0.1) is 5.41 Å². The number of hydrogen-bond acceptors (Lipinski definition) is 3. The van der Waals surface area contributed by atoms with Crippen LogP contribution in [0.25, 0.3) is 0 Å². The van der Waals surface area contributed by atoms with Crippen molar-refractivity contribution in [1.29, 1.82) is 0 Å². The highest BCUT2D eigenvalue weighted by Gasteiger charge is 2.27. The van der Waals surface area contributed by atoms with Crippen LogP contribution >= 0.6 is 15.9 Å². The summed E-state index contributed by atoms with van der Waals surface area (Å²) >= 11 is 3.22. The van der Waals surface area contributed by atoms with Crippen molar-refractivity contribution in [2.45, 2.75) is 26.8 Å². The van der Waals surface area contributed by atoms with Crippen molar-refractivity contribution in [2.24, 2.45) is 11.1 Å². The number of nitrogens with two attached hydrogens (primary N) is 1. The molecule has 1 amide bonds. The molecule has 0 saturated heterocycles. The average molecular weight is 286 g/mol. The van der Waals surface area contributed by atoms with Crippen LogP contribution in [0.4, 0.5) is 5.69 Å². The van der Waals surface area contributed by atoms with Gasteiger partial charge < -0.3 is 11.1 Å². The quantitative estimate of drug-likeness (QED) is 0.819. The van der Waals surface area contributed by atoms with Gasteiger partial charge in [0.25, 0.3) is 0 Å². The van der Waals surface area contributed by atoms with Gasteiger partial charge in [-0.3, -0.25) is 4.79 Å². The zero-order chi connectivity index (χ0) is 12.3. The van der Waals surface area contributed by atoms with Crippen LogP contribution < -0.4 is 11.1 Å². The van der Waals surface area contributed by atoms with Gasteiger partial charge in [0.2, 0.25) is 5.91 Å². The fourth-order valence-electron chi connectivity index (χ4n) is 1.06. The van der Waals surface area contributed by atoms with Crippen LogP contribution in [0.2, 0.25) is 0 Å². The van der Waals surface area contributed by atoms with Crippen LogP contribution in [-0.2, 0) is 4.79 Å². The van der Waals surface area contributed by atoms with Crippen LogP contribution in [0.1, 0.15) is 20.8 Å². The van der Waals surface area contributed by atoms with Crippen molar-refractivity contribution in [2.75, 3.05) is 5.32 Å². The summed E-state index contributed by atoms with van der Waals surface area (Å²) in [5.41, 5.74) is 6.22. The first-order valence-corrected chi connectivity index (χ1v) is 5.78. The summed E-state index contributed by atoms with van der Waals surface area (Å²) in [7, 11) is 0. The fourth-order valence-corrected chi connectivity index (χ4v) is 1.30. The van der Waals surface area contributed by atoms with Crippen LogP contribution in [-0.4, -0.2) is 16.9 Å². The second kappa shape index (κ2) is 4.93. The predicted molar refractivity (Wildman–Crippen MR) is 68.0 cm³/mol. The van der Waals surface area contributed by atoms with Crippen molar-refractivity contribution in [3.63, 3.8) is 0 Å². The number of pyridine rings is 1. The minimum absolute atomic E-state index is 0.198. The molecule has 1 aromatic heterocycles. The lowest BCUT2D eigenvalue weighted by Gasteiger charge is -2.25. The van der Waals surface area contributed by atoms with Crippen molar-refractivity contribution >= 4 is 27.5 Å². The van der Waals surface area contributed by atoms with E-state index in [9.17, 15) is 4.79 Å². The highest BCUT2D eigenvalue weighted by atomic mass is 79.9. The summed E-state index contributed by atoms with van der Waals surface area (Å²) in [6.07, 6.45) is 1.58. The van der Waals surface area contributed by atoms with Gasteiger partial charge in [-0.05, 0) is 33.5 Å². The molecule has 0 fully saturated rings. The lowest BCUT2D eigenvalue weighted by atomic mass is 9.87. The minimum Gasteiger partial charge on any atom is -0.323 e. The summed E-state index contributed by atoms with van der Waals surface area (Å²) in [6, 6.07) is 2.99. The van der Waals surface area contributed by atoms with E-state index in [1.165, 1.54) is 0 Å². The Bertz CT molecular complexity index is 370. The van der Waals surface area contributed by atoms with Gasteiger partial charge in [-0.15, -0.1) is 0 Å². The number of amides is 1. The zero-order valence-corrected chi connectivity index (χ0v) is 11.2. The molecular formula is C11H16BrN3O. The molecule has 0 aromatic carbocycles. The summed E-state index contributed by atoms with van der Waals surface area (Å²) in [5.74, 6) is -0.198. The van der Waals surface area contributed by atoms with Crippen molar-refractivity contribution in [1.82, 2.24) is 4.98 Å². The molecule has 1 rings (SSSR count). The van der Waals surface area contributed by atoms with Gasteiger partial charge in [-0.25, -0.2) is 4.98 Å². The smallest absolute Gasteiger partial charge is 0.241 e. The zero-order valence-electron chi connectivity index (χ0n) is 9.62. The molecule has 0 spiro atoms. The topological polar surface area (TPSA) is 68.0 Å². The molecule has 3 N–H and O–H groups in total. The summed E-state index contributed by atoms with van der Waals surface area (Å²) in [4.78, 5) is 15.8. The van der Waals surface area contributed by atoms with Crippen LogP contribution in [0.5, 0.6) is 0 Å². The maximum Gasteiger partial charge on any atom is 0.241 e. The average Bonchev–Trinajstić information content (AvgIpc) is 2.19. The number of nitrogens with zero attached hydrogens (tertiary/aromatic N) is 1. The van der Waals surface area contributed by atoms with E-state index in [1.807, 2.05) is 20.8 Å². The second-order valence-electron chi connectivity index (χ2n) is 4.70. The van der Waals surface area contributed by atoms with Crippen LogP contribution in [0.3, 0.4) is 0 Å². The Kier molecular flexibility index (Phi) is 4.04. The Labute approximate surface area is 104 Å². The molecular weight excluding hydrogens is 270 g/mol. The fraction of sp³-hybridized carbons (Fsp3) is 0.455. The molecule has 5 heteroatoms. The van der Waals surface area contributed by atoms with Crippen LogP contribution in [0.15, 0.2) is 22.9 Å². The van der Waals surface area contributed by atoms with Crippen molar-refractivity contribution < 1.29 is 4.79 Å². The van der Waals surface area contributed by atoms with Crippen molar-refractivity contribution in [3.05, 3.63) is 22.9 Å². The van der Waals surface area contributed by atoms with Gasteiger partial charge in [0.15, 0.2) is 0 Å². The van der Waals surface area contributed by atoms with E-state index in [-0.39, 0.29) is 11.3 Å². The van der Waals surface area contributed by atoms with E-state index in [0.29, 0.717) is 5.69 Å². The Balaban J connectivity index is 2.68. The number of hydrogen-bond donors (Lipinski definition) is 2. The molecule has 0 saturated carbocycles. The number of carbonyl (C=O) groups excluding carboxylic acids is 1. The highest BCUT2D eigenvalue weighted by Crippen LogP contribution is 2.19. The molecule has 0 bridgehead atoms. The van der Waals surface area contributed by atoms with Gasteiger partial charge in [0.05, 0.1) is 17.9 Å². The normalized spacial score (nSPS) is 13.3. The maximum atomic E-state index is 11.8. The largest absolute Gasteiger partial charge is 0.323 e. The Morgan fingerprint density at radius 1 is 1.50 bits per heavy atom. The molecule has 88 valence electrons. The lowest BCUT2D eigenvalue weighted by molar-refractivity contribution is -0.119. The van der Waals surface area contributed by atoms with E-state index in [4.69, 9.17) is 5.73 Å². The molecule has 1 atom stereocenters. The molecule has 0 aliphatic rings. The molecule has 1 aromatic rings. The number of nitrogens with one attached hydrogen (secondary N) is 1. The van der Waals surface area contributed by atoms with Crippen molar-refractivity contribution in [3.8, 4) is 0 Å². The van der Waals surface area contributed by atoms with Gasteiger partial charge in [0, 0.05) is 0 Å². The monoisotopic (exact) mass is 285 g/mol. The molecule has 16 heavy (non-hydrogen) atoms. The number of aromatic nitrogens is 1. The first kappa shape index (κ1) is 13.1. The van der Waals surface area contributed by atoms with Gasteiger partial charge in [-0.2, -0.15) is 0 Å².